The number of thioether (sulfide) groups is 1. The predicted molar refractivity (Wildman–Crippen MR) is 73.8 cm³/mol. The van der Waals surface area contributed by atoms with Crippen molar-refractivity contribution in [2.75, 3.05) is 11.6 Å². The summed E-state index contributed by atoms with van der Waals surface area (Å²) in [5.74, 6) is 0.470. The van der Waals surface area contributed by atoms with Crippen LogP contribution in [0.25, 0.3) is 10.9 Å². The molecule has 3 heterocycles. The van der Waals surface area contributed by atoms with E-state index in [9.17, 15) is 4.79 Å². The first-order valence-corrected chi connectivity index (χ1v) is 6.69. The molecule has 96 valence electrons. The average molecular weight is 274 g/mol. The molecular weight excluding hydrogens is 264 g/mol. The van der Waals surface area contributed by atoms with Gasteiger partial charge in [-0.25, -0.2) is 9.97 Å². The molecule has 3 aromatic heterocycles. The fraction of sp³-hybridized carbons (Fsp3) is 0.0909. The Labute approximate surface area is 111 Å². The highest BCUT2D eigenvalue weighted by atomic mass is 32.2. The minimum Gasteiger partial charge on any atom is -0.337 e. The lowest BCUT2D eigenvalue weighted by atomic mass is 10.3. The van der Waals surface area contributed by atoms with Crippen LogP contribution < -0.4 is 10.9 Å². The Morgan fingerprint density at radius 2 is 2.26 bits per heavy atom. The van der Waals surface area contributed by atoms with Crippen LogP contribution in [0.15, 0.2) is 34.6 Å². The second-order valence-corrected chi connectivity index (χ2v) is 4.51. The van der Waals surface area contributed by atoms with Crippen LogP contribution in [0.1, 0.15) is 0 Å². The van der Waals surface area contributed by atoms with Gasteiger partial charge < -0.3 is 10.3 Å². The van der Waals surface area contributed by atoms with Gasteiger partial charge in [0, 0.05) is 12.4 Å². The second kappa shape index (κ2) is 4.73. The summed E-state index contributed by atoms with van der Waals surface area (Å²) in [4.78, 5) is 23.2. The third-order valence-corrected chi connectivity index (χ3v) is 3.09. The van der Waals surface area contributed by atoms with E-state index in [0.717, 1.165) is 5.69 Å². The van der Waals surface area contributed by atoms with Gasteiger partial charge in [0.15, 0.2) is 5.16 Å². The molecule has 19 heavy (non-hydrogen) atoms. The molecule has 7 nitrogen and oxygen atoms in total. The van der Waals surface area contributed by atoms with Gasteiger partial charge in [-0.2, -0.15) is 5.10 Å². The van der Waals surface area contributed by atoms with Gasteiger partial charge in [0.05, 0.1) is 17.4 Å². The number of hydrogen-bond donors (Lipinski definition) is 3. The van der Waals surface area contributed by atoms with Gasteiger partial charge in [0.1, 0.15) is 11.2 Å². The van der Waals surface area contributed by atoms with Crippen molar-refractivity contribution in [3.63, 3.8) is 0 Å². The van der Waals surface area contributed by atoms with Crippen molar-refractivity contribution < 1.29 is 0 Å². The van der Waals surface area contributed by atoms with E-state index in [2.05, 4.69) is 30.5 Å². The van der Waals surface area contributed by atoms with Crippen molar-refractivity contribution >= 4 is 34.2 Å². The SMILES string of the molecule is CSc1nc(Nc2cn[nH]c2)c2c(=O)[nH]ccc2n1. The molecule has 8 heteroatoms. The molecule has 0 saturated carbocycles. The van der Waals surface area contributed by atoms with Gasteiger partial charge in [0.2, 0.25) is 0 Å². The fourth-order valence-electron chi connectivity index (χ4n) is 1.71. The van der Waals surface area contributed by atoms with Crippen molar-refractivity contribution in [1.82, 2.24) is 25.1 Å². The third-order valence-electron chi connectivity index (χ3n) is 2.54. The Hall–Kier alpha value is -2.35. The highest BCUT2D eigenvalue weighted by Gasteiger charge is 2.11. The molecule has 0 bridgehead atoms. The summed E-state index contributed by atoms with van der Waals surface area (Å²) in [6.07, 6.45) is 6.76. The van der Waals surface area contributed by atoms with E-state index >= 15 is 0 Å². The molecule has 0 saturated heterocycles. The number of pyridine rings is 1. The second-order valence-electron chi connectivity index (χ2n) is 3.74. The zero-order valence-electron chi connectivity index (χ0n) is 9.97. The Kier molecular flexibility index (Phi) is 2.92. The first-order chi connectivity index (χ1) is 9.28. The standard InChI is InChI=1S/C11H10N6OS/c1-19-11-16-7-2-3-12-10(18)8(7)9(17-11)15-6-4-13-14-5-6/h2-5H,1H3,(H,12,18)(H,13,14)(H,15,16,17). The molecular formula is C11H10N6OS. The van der Waals surface area contributed by atoms with Crippen LogP contribution in [0.5, 0.6) is 0 Å². The first kappa shape index (κ1) is 11.7. The monoisotopic (exact) mass is 274 g/mol. The van der Waals surface area contributed by atoms with Crippen LogP contribution in [-0.2, 0) is 0 Å². The molecule has 0 aliphatic heterocycles. The molecule has 3 N–H and O–H groups in total. The molecule has 0 aliphatic rings. The molecule has 0 aliphatic carbocycles. The van der Waals surface area contributed by atoms with Crippen molar-refractivity contribution in [2.45, 2.75) is 5.16 Å². The molecule has 0 amide bonds. The largest absolute Gasteiger partial charge is 0.337 e. The number of aromatic amines is 2. The molecule has 3 rings (SSSR count). The van der Waals surface area contributed by atoms with Gasteiger partial charge in [-0.15, -0.1) is 0 Å². The van der Waals surface area contributed by atoms with Gasteiger partial charge in [-0.05, 0) is 12.3 Å². The van der Waals surface area contributed by atoms with Gasteiger partial charge in [-0.1, -0.05) is 11.8 Å². The normalized spacial score (nSPS) is 10.8. The van der Waals surface area contributed by atoms with E-state index in [0.29, 0.717) is 21.9 Å². The quantitative estimate of drug-likeness (QED) is 0.494. The Bertz CT molecular complexity index is 766. The number of rotatable bonds is 3. The summed E-state index contributed by atoms with van der Waals surface area (Å²) < 4.78 is 0. The number of anilines is 2. The van der Waals surface area contributed by atoms with E-state index in [4.69, 9.17) is 0 Å². The third kappa shape index (κ3) is 2.17. The number of H-pyrrole nitrogens is 2. The maximum Gasteiger partial charge on any atom is 0.261 e. The molecule has 0 atom stereocenters. The van der Waals surface area contributed by atoms with E-state index in [1.165, 1.54) is 11.8 Å². The lowest BCUT2D eigenvalue weighted by molar-refractivity contribution is 1.01. The smallest absolute Gasteiger partial charge is 0.261 e. The average Bonchev–Trinajstić information content (AvgIpc) is 2.91. The number of nitrogens with zero attached hydrogens (tertiary/aromatic N) is 3. The lowest BCUT2D eigenvalue weighted by Gasteiger charge is -2.07. The maximum atomic E-state index is 11.9. The van der Waals surface area contributed by atoms with Gasteiger partial charge >= 0.3 is 0 Å². The van der Waals surface area contributed by atoms with Gasteiger partial charge in [-0.3, -0.25) is 9.89 Å². The van der Waals surface area contributed by atoms with Crippen LogP contribution in [0.2, 0.25) is 0 Å². The van der Waals surface area contributed by atoms with Crippen LogP contribution in [0, 0.1) is 0 Å². The van der Waals surface area contributed by atoms with Crippen LogP contribution >= 0.6 is 11.8 Å². The van der Waals surface area contributed by atoms with E-state index in [1.807, 2.05) is 6.26 Å². The molecule has 0 unspecified atom stereocenters. The van der Waals surface area contributed by atoms with E-state index in [-0.39, 0.29) is 5.56 Å². The number of fused-ring (bicyclic) bond motifs is 1. The molecule has 0 fully saturated rings. The summed E-state index contributed by atoms with van der Waals surface area (Å²) in [7, 11) is 0. The summed E-state index contributed by atoms with van der Waals surface area (Å²) >= 11 is 1.42. The summed E-state index contributed by atoms with van der Waals surface area (Å²) in [5, 5.41) is 10.6. The zero-order valence-corrected chi connectivity index (χ0v) is 10.8. The zero-order chi connectivity index (χ0) is 13.2. The Balaban J connectivity index is 2.23. The van der Waals surface area contributed by atoms with Gasteiger partial charge in [0.25, 0.3) is 5.56 Å². The molecule has 0 radical (unpaired) electrons. The number of hydrogen-bond acceptors (Lipinski definition) is 6. The van der Waals surface area contributed by atoms with Crippen molar-refractivity contribution in [3.8, 4) is 0 Å². The fourth-order valence-corrected chi connectivity index (χ4v) is 2.08. The predicted octanol–water partition coefficient (Wildman–Crippen LogP) is 1.51. The van der Waals surface area contributed by atoms with E-state index < -0.39 is 0 Å². The highest BCUT2D eigenvalue weighted by Crippen LogP contribution is 2.22. The van der Waals surface area contributed by atoms with E-state index in [1.54, 1.807) is 24.7 Å². The number of aromatic nitrogens is 5. The first-order valence-electron chi connectivity index (χ1n) is 5.47. The van der Waals surface area contributed by atoms with Crippen LogP contribution in [0.3, 0.4) is 0 Å². The molecule has 3 aromatic rings. The van der Waals surface area contributed by atoms with Crippen LogP contribution in [0.4, 0.5) is 11.5 Å². The minimum absolute atomic E-state index is 0.226. The lowest BCUT2D eigenvalue weighted by Crippen LogP contribution is -2.10. The summed E-state index contributed by atoms with van der Waals surface area (Å²) in [6.45, 7) is 0. The van der Waals surface area contributed by atoms with Crippen molar-refractivity contribution in [2.24, 2.45) is 0 Å². The Morgan fingerprint density at radius 3 is 3.00 bits per heavy atom. The highest BCUT2D eigenvalue weighted by molar-refractivity contribution is 7.98. The Morgan fingerprint density at radius 1 is 1.37 bits per heavy atom. The minimum atomic E-state index is -0.226. The van der Waals surface area contributed by atoms with Crippen molar-refractivity contribution in [3.05, 3.63) is 35.0 Å². The summed E-state index contributed by atoms with van der Waals surface area (Å²) in [5.41, 5.74) is 1.11. The topological polar surface area (TPSA) is 99.4 Å². The number of nitrogens with one attached hydrogen (secondary N) is 3. The summed E-state index contributed by atoms with van der Waals surface area (Å²) in [6, 6.07) is 1.75. The molecule has 0 aromatic carbocycles. The van der Waals surface area contributed by atoms with Crippen LogP contribution in [-0.4, -0.2) is 31.4 Å². The molecule has 0 spiro atoms. The maximum absolute atomic E-state index is 11.9. The van der Waals surface area contributed by atoms with Crippen molar-refractivity contribution in [1.29, 1.82) is 0 Å².